The maximum atomic E-state index is 13.3. The van der Waals surface area contributed by atoms with Gasteiger partial charge >= 0.3 is 0 Å². The summed E-state index contributed by atoms with van der Waals surface area (Å²) in [6.45, 7) is 4.20. The molecule has 0 bridgehead atoms. The number of nitrogens with one attached hydrogen (secondary N) is 1. The zero-order valence-electron chi connectivity index (χ0n) is 12.1. The largest absolute Gasteiger partial charge is 0.346 e. The van der Waals surface area contributed by atoms with Crippen LogP contribution in [0.5, 0.6) is 0 Å². The van der Waals surface area contributed by atoms with Crippen molar-refractivity contribution in [2.24, 2.45) is 5.92 Å². The summed E-state index contributed by atoms with van der Waals surface area (Å²) in [7, 11) is 0. The molecule has 0 spiro atoms. The number of nitrogens with zero attached hydrogens (tertiary/aromatic N) is 1. The van der Waals surface area contributed by atoms with Crippen molar-refractivity contribution >= 4 is 10.9 Å². The molecule has 1 aromatic heterocycles. The zero-order valence-corrected chi connectivity index (χ0v) is 12.1. The molecule has 0 unspecified atom stereocenters. The Kier molecular flexibility index (Phi) is 4.06. The molecule has 3 heteroatoms. The highest BCUT2D eigenvalue weighted by Crippen LogP contribution is 2.23. The molecular weight excluding hydrogens is 251 g/mol. The average Bonchev–Trinajstić information content (AvgIpc) is 2.84. The number of rotatable bonds is 4. The lowest BCUT2D eigenvalue weighted by atomic mass is 9.87. The van der Waals surface area contributed by atoms with Crippen LogP contribution in [0.25, 0.3) is 10.9 Å². The van der Waals surface area contributed by atoms with Gasteiger partial charge in [0.05, 0.1) is 5.52 Å². The number of benzene rings is 1. The number of hydrogen-bond donors (Lipinski definition) is 1. The molecule has 2 aromatic rings. The van der Waals surface area contributed by atoms with E-state index in [0.717, 1.165) is 29.9 Å². The molecule has 1 fully saturated rings. The van der Waals surface area contributed by atoms with Crippen LogP contribution in [0.3, 0.4) is 0 Å². The Bertz CT molecular complexity index is 567. The summed E-state index contributed by atoms with van der Waals surface area (Å²) in [4.78, 5) is 0. The van der Waals surface area contributed by atoms with E-state index in [9.17, 15) is 4.39 Å². The van der Waals surface area contributed by atoms with Gasteiger partial charge in [0.15, 0.2) is 0 Å². The van der Waals surface area contributed by atoms with Crippen molar-refractivity contribution in [1.29, 1.82) is 0 Å². The maximum Gasteiger partial charge on any atom is 0.125 e. The lowest BCUT2D eigenvalue weighted by molar-refractivity contribution is 0.305. The zero-order chi connectivity index (χ0) is 13.9. The van der Waals surface area contributed by atoms with E-state index in [2.05, 4.69) is 29.1 Å². The minimum absolute atomic E-state index is 0.160. The lowest BCUT2D eigenvalue weighted by Crippen LogP contribution is -2.34. The molecule has 20 heavy (non-hydrogen) atoms. The van der Waals surface area contributed by atoms with Crippen LogP contribution in [0.2, 0.25) is 0 Å². The molecular formula is C17H23FN2. The third kappa shape index (κ3) is 3.04. The Hall–Kier alpha value is -1.35. The number of halogens is 1. The van der Waals surface area contributed by atoms with Gasteiger partial charge < -0.3 is 9.88 Å². The molecule has 1 saturated carbocycles. The third-order valence-electron chi connectivity index (χ3n) is 4.54. The van der Waals surface area contributed by atoms with Crippen LogP contribution in [-0.2, 0) is 6.54 Å². The molecule has 0 radical (unpaired) electrons. The molecule has 1 aromatic carbocycles. The van der Waals surface area contributed by atoms with Crippen LogP contribution in [0.4, 0.5) is 4.39 Å². The van der Waals surface area contributed by atoms with Crippen LogP contribution in [0.1, 0.15) is 32.6 Å². The molecule has 1 aliphatic carbocycles. The van der Waals surface area contributed by atoms with Gasteiger partial charge in [-0.05, 0) is 61.3 Å². The topological polar surface area (TPSA) is 17.0 Å². The monoisotopic (exact) mass is 274 g/mol. The second-order valence-corrected chi connectivity index (χ2v) is 6.12. The van der Waals surface area contributed by atoms with Crippen molar-refractivity contribution in [2.45, 2.75) is 45.2 Å². The van der Waals surface area contributed by atoms with Crippen molar-refractivity contribution in [3.05, 3.63) is 36.3 Å². The third-order valence-corrected chi connectivity index (χ3v) is 4.54. The van der Waals surface area contributed by atoms with Crippen LogP contribution in [0, 0.1) is 11.7 Å². The lowest BCUT2D eigenvalue weighted by Gasteiger charge is -2.27. The fraction of sp³-hybridized carbons (Fsp3) is 0.529. The van der Waals surface area contributed by atoms with Crippen LogP contribution in [0.15, 0.2) is 30.5 Å². The molecule has 3 rings (SSSR count). The summed E-state index contributed by atoms with van der Waals surface area (Å²) < 4.78 is 15.5. The first-order chi connectivity index (χ1) is 9.72. The predicted molar refractivity (Wildman–Crippen MR) is 81.3 cm³/mol. The summed E-state index contributed by atoms with van der Waals surface area (Å²) in [6.07, 6.45) is 7.32. The van der Waals surface area contributed by atoms with E-state index < -0.39 is 0 Å². The highest BCUT2D eigenvalue weighted by Gasteiger charge is 2.17. The molecule has 2 nitrogen and oxygen atoms in total. The Balaban J connectivity index is 1.56. The van der Waals surface area contributed by atoms with Crippen molar-refractivity contribution in [3.63, 3.8) is 0 Å². The Morgan fingerprint density at radius 1 is 1.20 bits per heavy atom. The molecule has 1 heterocycles. The molecule has 0 amide bonds. The van der Waals surface area contributed by atoms with Gasteiger partial charge in [0.25, 0.3) is 0 Å². The molecule has 108 valence electrons. The quantitative estimate of drug-likeness (QED) is 0.893. The highest BCUT2D eigenvalue weighted by atomic mass is 19.1. The van der Waals surface area contributed by atoms with E-state index in [1.54, 1.807) is 6.07 Å². The van der Waals surface area contributed by atoms with Crippen molar-refractivity contribution in [1.82, 2.24) is 9.88 Å². The van der Waals surface area contributed by atoms with Gasteiger partial charge in [-0.1, -0.05) is 6.92 Å². The second-order valence-electron chi connectivity index (χ2n) is 6.12. The summed E-state index contributed by atoms with van der Waals surface area (Å²) in [6, 6.07) is 7.71. The SMILES string of the molecule is CC1CCC(NCCn2ccc3ccc(F)cc32)CC1. The predicted octanol–water partition coefficient (Wildman–Crippen LogP) is 3.95. The van der Waals surface area contributed by atoms with E-state index >= 15 is 0 Å². The number of aromatic nitrogens is 1. The highest BCUT2D eigenvalue weighted by molar-refractivity contribution is 5.80. The first kappa shape index (κ1) is 13.6. The molecule has 0 aliphatic heterocycles. The summed E-state index contributed by atoms with van der Waals surface area (Å²) in [5.41, 5.74) is 0.990. The maximum absolute atomic E-state index is 13.3. The van der Waals surface area contributed by atoms with Crippen molar-refractivity contribution < 1.29 is 4.39 Å². The van der Waals surface area contributed by atoms with E-state index in [1.165, 1.54) is 31.7 Å². The molecule has 1 aliphatic rings. The van der Waals surface area contributed by atoms with Gasteiger partial charge in [0, 0.05) is 25.3 Å². The first-order valence-corrected chi connectivity index (χ1v) is 7.70. The number of hydrogen-bond acceptors (Lipinski definition) is 1. The van der Waals surface area contributed by atoms with Crippen molar-refractivity contribution in [2.75, 3.05) is 6.54 Å². The van der Waals surface area contributed by atoms with Gasteiger partial charge in [0.2, 0.25) is 0 Å². The van der Waals surface area contributed by atoms with Gasteiger partial charge in [-0.15, -0.1) is 0 Å². The van der Waals surface area contributed by atoms with E-state index in [1.807, 2.05) is 6.07 Å². The van der Waals surface area contributed by atoms with Crippen LogP contribution in [-0.4, -0.2) is 17.2 Å². The summed E-state index contributed by atoms with van der Waals surface area (Å²) >= 11 is 0. The van der Waals surface area contributed by atoms with Gasteiger partial charge in [-0.25, -0.2) is 4.39 Å². The fourth-order valence-electron chi connectivity index (χ4n) is 3.21. The summed E-state index contributed by atoms with van der Waals surface area (Å²) in [5.74, 6) is 0.732. The average molecular weight is 274 g/mol. The van der Waals surface area contributed by atoms with E-state index in [4.69, 9.17) is 0 Å². The smallest absolute Gasteiger partial charge is 0.125 e. The van der Waals surface area contributed by atoms with Gasteiger partial charge in [-0.2, -0.15) is 0 Å². The van der Waals surface area contributed by atoms with Gasteiger partial charge in [-0.3, -0.25) is 0 Å². The Morgan fingerprint density at radius 3 is 2.80 bits per heavy atom. The fourth-order valence-corrected chi connectivity index (χ4v) is 3.21. The van der Waals surface area contributed by atoms with Crippen molar-refractivity contribution in [3.8, 4) is 0 Å². The van der Waals surface area contributed by atoms with Crippen LogP contribution >= 0.6 is 0 Å². The standard InChI is InChI=1S/C17H23FN2/c1-13-2-6-16(7-3-13)19-9-11-20-10-8-14-4-5-15(18)12-17(14)20/h4-5,8,10,12-13,16,19H,2-3,6-7,9,11H2,1H3. The first-order valence-electron chi connectivity index (χ1n) is 7.70. The molecule has 1 N–H and O–H groups in total. The number of fused-ring (bicyclic) bond motifs is 1. The minimum atomic E-state index is -0.160. The second kappa shape index (κ2) is 5.96. The Labute approximate surface area is 120 Å². The molecule has 0 atom stereocenters. The van der Waals surface area contributed by atoms with Crippen LogP contribution < -0.4 is 5.32 Å². The Morgan fingerprint density at radius 2 is 2.00 bits per heavy atom. The van der Waals surface area contributed by atoms with Gasteiger partial charge in [0.1, 0.15) is 5.82 Å². The van der Waals surface area contributed by atoms with E-state index in [-0.39, 0.29) is 5.82 Å². The molecule has 0 saturated heterocycles. The van der Waals surface area contributed by atoms with E-state index in [0.29, 0.717) is 6.04 Å². The minimum Gasteiger partial charge on any atom is -0.346 e. The normalized spacial score (nSPS) is 23.3. The summed E-state index contributed by atoms with van der Waals surface area (Å²) in [5, 5.41) is 4.75.